The van der Waals surface area contributed by atoms with Crippen LogP contribution in [0.1, 0.15) is 43.0 Å². The molecule has 0 aromatic heterocycles. The molecule has 1 aliphatic heterocycles. The van der Waals surface area contributed by atoms with Gasteiger partial charge in [-0.25, -0.2) is 18.8 Å². The molecule has 0 bridgehead atoms. The Hall–Kier alpha value is -4.49. The minimum absolute atomic E-state index is 0.0503. The molecule has 50 heavy (non-hydrogen) atoms. The van der Waals surface area contributed by atoms with Crippen LogP contribution in [0, 0.1) is 0 Å². The number of nitrogens with zero attached hydrogens (tertiary/aromatic N) is 1. The van der Waals surface area contributed by atoms with Gasteiger partial charge < -0.3 is 18.9 Å². The summed E-state index contributed by atoms with van der Waals surface area (Å²) in [7, 11) is 0. The Morgan fingerprint density at radius 3 is 1.58 bits per heavy atom. The Balaban J connectivity index is 1.59. The van der Waals surface area contributed by atoms with E-state index in [1.807, 2.05) is 0 Å². The monoisotopic (exact) mass is 739 g/mol. The van der Waals surface area contributed by atoms with E-state index in [4.69, 9.17) is 14.2 Å². The van der Waals surface area contributed by atoms with Gasteiger partial charge in [0.25, 0.3) is 0 Å². The highest BCUT2D eigenvalue weighted by atomic mass is 19.4. The highest BCUT2D eigenvalue weighted by Crippen LogP contribution is 2.66. The number of rotatable bonds is 14. The standard InChI is InChI=1S/C30H25F12NO7/c1-17(2)22(44)48-16-6-4-3-5-15-47-19-9-7-18(8-10-19)23(45)49-20-11-13-21(14-12-20)50-24(46)25(31,28(36,37)38)43-29(39,40)26(32,33)27(34,35)30(43,41)42/h7-14H,1,3-6,15-16H2,2H3/t25-/m1/s1. The molecule has 1 heterocycles. The molecule has 3 rings (SSSR count). The van der Waals surface area contributed by atoms with Crippen LogP contribution in [0.25, 0.3) is 0 Å². The molecule has 0 N–H and O–H groups in total. The Morgan fingerprint density at radius 2 is 1.12 bits per heavy atom. The maximum absolute atomic E-state index is 15.0. The summed E-state index contributed by atoms with van der Waals surface area (Å²) in [6.45, 7) is 5.58. The van der Waals surface area contributed by atoms with Crippen LogP contribution in [0.4, 0.5) is 52.7 Å². The number of hydrogen-bond acceptors (Lipinski definition) is 8. The zero-order valence-corrected chi connectivity index (χ0v) is 25.4. The van der Waals surface area contributed by atoms with Gasteiger partial charge in [0.1, 0.15) is 17.2 Å². The Bertz CT molecular complexity index is 1540. The smallest absolute Gasteiger partial charge is 0.448 e. The first-order valence-electron chi connectivity index (χ1n) is 14.1. The van der Waals surface area contributed by atoms with Gasteiger partial charge in [-0.2, -0.15) is 48.3 Å². The molecule has 1 saturated heterocycles. The molecule has 2 aromatic rings. The summed E-state index contributed by atoms with van der Waals surface area (Å²) in [6, 6.07) is -6.84. The molecule has 0 aliphatic carbocycles. The first-order valence-corrected chi connectivity index (χ1v) is 14.1. The average molecular weight is 740 g/mol. The number of benzene rings is 2. The minimum atomic E-state index is -7.28. The molecule has 1 atom stereocenters. The summed E-state index contributed by atoms with van der Waals surface area (Å²) in [4.78, 5) is 32.3. The van der Waals surface area contributed by atoms with Crippen LogP contribution < -0.4 is 14.2 Å². The molecule has 0 unspecified atom stereocenters. The summed E-state index contributed by atoms with van der Waals surface area (Å²) in [5, 5.41) is 0. The fraction of sp³-hybridized carbons (Fsp3) is 0.433. The van der Waals surface area contributed by atoms with E-state index in [0.717, 1.165) is 12.8 Å². The van der Waals surface area contributed by atoms with E-state index >= 15 is 4.39 Å². The van der Waals surface area contributed by atoms with Crippen molar-refractivity contribution in [1.29, 1.82) is 0 Å². The van der Waals surface area contributed by atoms with Gasteiger partial charge in [0.05, 0.1) is 18.8 Å². The predicted octanol–water partition coefficient (Wildman–Crippen LogP) is 7.87. The van der Waals surface area contributed by atoms with Crippen molar-refractivity contribution in [3.05, 3.63) is 66.2 Å². The van der Waals surface area contributed by atoms with E-state index < -0.39 is 70.2 Å². The third kappa shape index (κ3) is 7.48. The van der Waals surface area contributed by atoms with E-state index in [0.29, 0.717) is 55.0 Å². The summed E-state index contributed by atoms with van der Waals surface area (Å²) in [5.41, 5.74) is 0.250. The second-order valence-electron chi connectivity index (χ2n) is 10.6. The first kappa shape index (κ1) is 39.9. The van der Waals surface area contributed by atoms with Crippen LogP contribution in [0.3, 0.4) is 0 Å². The molecular weight excluding hydrogens is 714 g/mol. The lowest BCUT2D eigenvalue weighted by atomic mass is 10.2. The summed E-state index contributed by atoms with van der Waals surface area (Å²) in [6.07, 6.45) is -4.41. The second-order valence-corrected chi connectivity index (χ2v) is 10.6. The van der Waals surface area contributed by atoms with Gasteiger partial charge in [0, 0.05) is 5.57 Å². The van der Waals surface area contributed by atoms with Crippen molar-refractivity contribution in [3.8, 4) is 17.2 Å². The van der Waals surface area contributed by atoms with Crippen molar-refractivity contribution in [2.75, 3.05) is 13.2 Å². The second kappa shape index (κ2) is 14.4. The maximum atomic E-state index is 15.0. The fourth-order valence-corrected chi connectivity index (χ4v) is 4.20. The molecule has 0 saturated carbocycles. The number of likely N-dealkylation sites (tertiary alicyclic amines) is 1. The lowest BCUT2D eigenvalue weighted by molar-refractivity contribution is -0.382. The normalized spacial score (nSPS) is 18.8. The van der Waals surface area contributed by atoms with E-state index in [1.165, 1.54) is 31.2 Å². The van der Waals surface area contributed by atoms with Crippen molar-refractivity contribution in [3.63, 3.8) is 0 Å². The van der Waals surface area contributed by atoms with Crippen molar-refractivity contribution in [2.24, 2.45) is 0 Å². The van der Waals surface area contributed by atoms with Gasteiger partial charge in [-0.1, -0.05) is 6.58 Å². The topological polar surface area (TPSA) is 91.4 Å². The molecule has 276 valence electrons. The van der Waals surface area contributed by atoms with E-state index in [1.54, 1.807) is 0 Å². The first-order chi connectivity index (χ1) is 22.9. The third-order valence-corrected chi connectivity index (χ3v) is 6.89. The molecule has 1 fully saturated rings. The van der Waals surface area contributed by atoms with Crippen LogP contribution in [0.15, 0.2) is 60.7 Å². The molecule has 0 amide bonds. The van der Waals surface area contributed by atoms with Crippen LogP contribution >= 0.6 is 0 Å². The van der Waals surface area contributed by atoms with Gasteiger partial charge in [0.2, 0.25) is 0 Å². The SMILES string of the molecule is C=C(C)C(=O)OCCCCCCOc1ccc(C(=O)Oc2ccc(OC(=O)[C@@](F)(N3C(F)(F)C(F)(F)C(F)(F)C3(F)F)C(F)(F)F)cc2)cc1. The van der Waals surface area contributed by atoms with E-state index in [-0.39, 0.29) is 12.2 Å². The number of esters is 3. The van der Waals surface area contributed by atoms with Crippen molar-refractivity contribution in [2.45, 2.75) is 68.5 Å². The van der Waals surface area contributed by atoms with Crippen molar-refractivity contribution < 1.29 is 86.0 Å². The number of carbonyl (C=O) groups excluding carboxylic acids is 3. The molecular formula is C30H25F12NO7. The largest absolute Gasteiger partial charge is 0.494 e. The quantitative estimate of drug-likeness (QED) is 0.0483. The fourth-order valence-electron chi connectivity index (χ4n) is 4.20. The van der Waals surface area contributed by atoms with Crippen LogP contribution in [0.5, 0.6) is 17.2 Å². The zero-order valence-electron chi connectivity index (χ0n) is 25.4. The molecule has 0 spiro atoms. The summed E-state index contributed by atoms with van der Waals surface area (Å²) in [5.74, 6) is -28.0. The summed E-state index contributed by atoms with van der Waals surface area (Å²) < 4.78 is 185. The highest BCUT2D eigenvalue weighted by Gasteiger charge is 2.98. The Morgan fingerprint density at radius 1 is 0.680 bits per heavy atom. The molecule has 0 radical (unpaired) electrons. The van der Waals surface area contributed by atoms with E-state index in [9.17, 15) is 62.7 Å². The number of ether oxygens (including phenoxy) is 4. The number of alkyl halides is 12. The van der Waals surface area contributed by atoms with Gasteiger partial charge in [-0.15, -0.1) is 4.90 Å². The van der Waals surface area contributed by atoms with Crippen LogP contribution in [-0.4, -0.2) is 71.9 Å². The minimum Gasteiger partial charge on any atom is -0.494 e. The number of unbranched alkanes of at least 4 members (excludes halogenated alkanes) is 3. The molecule has 2 aromatic carbocycles. The van der Waals surface area contributed by atoms with Gasteiger partial charge in [-0.3, -0.25) is 0 Å². The van der Waals surface area contributed by atoms with Crippen LogP contribution in [0.2, 0.25) is 0 Å². The lowest BCUT2D eigenvalue weighted by Gasteiger charge is -2.38. The Labute approximate surface area is 274 Å². The summed E-state index contributed by atoms with van der Waals surface area (Å²) >= 11 is 0. The molecule has 20 heteroatoms. The molecule has 1 aliphatic rings. The predicted molar refractivity (Wildman–Crippen MR) is 145 cm³/mol. The number of carbonyl (C=O) groups is 3. The lowest BCUT2D eigenvalue weighted by Crippen LogP contribution is -2.70. The van der Waals surface area contributed by atoms with Crippen LogP contribution in [-0.2, 0) is 14.3 Å². The van der Waals surface area contributed by atoms with Crippen molar-refractivity contribution >= 4 is 17.9 Å². The van der Waals surface area contributed by atoms with Gasteiger partial charge >= 0.3 is 53.8 Å². The van der Waals surface area contributed by atoms with E-state index in [2.05, 4.69) is 11.3 Å². The molecule has 8 nitrogen and oxygen atoms in total. The zero-order chi connectivity index (χ0) is 37.9. The van der Waals surface area contributed by atoms with Gasteiger partial charge in [0.15, 0.2) is 0 Å². The third-order valence-electron chi connectivity index (χ3n) is 6.89. The van der Waals surface area contributed by atoms with Gasteiger partial charge in [-0.05, 0) is 81.1 Å². The maximum Gasteiger partial charge on any atom is 0.448 e. The Kier molecular flexibility index (Phi) is 11.5. The van der Waals surface area contributed by atoms with Crippen molar-refractivity contribution in [1.82, 2.24) is 4.90 Å². The average Bonchev–Trinajstić information content (AvgIpc) is 3.09. The number of hydrogen-bond donors (Lipinski definition) is 0. The number of halogens is 12. The highest BCUT2D eigenvalue weighted by molar-refractivity contribution is 5.91.